The molecule has 1 aliphatic rings. The van der Waals surface area contributed by atoms with E-state index in [4.69, 9.17) is 27.9 Å². The molecule has 0 saturated carbocycles. The standard InChI is InChI=1S/C20H20Cl2N2O3/c21-17-2-1-3-18(22)16(17)13-19(25)23-15-6-4-14(5-7-15)12-20(26)24-8-10-27-11-9-24/h1-7H,8-13H2,(H,23,25). The lowest BCUT2D eigenvalue weighted by Gasteiger charge is -2.26. The molecule has 0 bridgehead atoms. The van der Waals surface area contributed by atoms with Crippen LogP contribution in [0.2, 0.25) is 10.0 Å². The highest BCUT2D eigenvalue weighted by Gasteiger charge is 2.17. The van der Waals surface area contributed by atoms with E-state index in [-0.39, 0.29) is 18.2 Å². The number of halogens is 2. The van der Waals surface area contributed by atoms with E-state index in [1.54, 1.807) is 30.3 Å². The van der Waals surface area contributed by atoms with E-state index in [0.717, 1.165) is 5.56 Å². The van der Waals surface area contributed by atoms with Crippen LogP contribution >= 0.6 is 23.2 Å². The number of hydrogen-bond acceptors (Lipinski definition) is 3. The average Bonchev–Trinajstić information content (AvgIpc) is 2.67. The maximum absolute atomic E-state index is 12.3. The highest BCUT2D eigenvalue weighted by molar-refractivity contribution is 6.36. The molecule has 2 amide bonds. The van der Waals surface area contributed by atoms with Gasteiger partial charge in [-0.05, 0) is 35.4 Å². The van der Waals surface area contributed by atoms with E-state index in [9.17, 15) is 9.59 Å². The lowest BCUT2D eigenvalue weighted by atomic mass is 10.1. The van der Waals surface area contributed by atoms with Crippen molar-refractivity contribution in [1.29, 1.82) is 0 Å². The number of nitrogens with one attached hydrogen (secondary N) is 1. The summed E-state index contributed by atoms with van der Waals surface area (Å²) in [6.45, 7) is 2.45. The second-order valence-electron chi connectivity index (χ2n) is 6.29. The van der Waals surface area contributed by atoms with Crippen molar-refractivity contribution in [3.63, 3.8) is 0 Å². The van der Waals surface area contributed by atoms with Gasteiger partial charge in [-0.15, -0.1) is 0 Å². The summed E-state index contributed by atoms with van der Waals surface area (Å²) in [4.78, 5) is 26.3. The molecule has 1 N–H and O–H groups in total. The monoisotopic (exact) mass is 406 g/mol. The van der Waals surface area contributed by atoms with Crippen LogP contribution in [-0.2, 0) is 27.2 Å². The van der Waals surface area contributed by atoms with Gasteiger partial charge in [-0.2, -0.15) is 0 Å². The highest BCUT2D eigenvalue weighted by atomic mass is 35.5. The molecule has 2 aromatic carbocycles. The third-order valence-electron chi connectivity index (χ3n) is 4.36. The third kappa shape index (κ3) is 5.45. The number of morpholine rings is 1. The largest absolute Gasteiger partial charge is 0.378 e. The fourth-order valence-corrected chi connectivity index (χ4v) is 3.40. The molecule has 0 radical (unpaired) electrons. The highest BCUT2D eigenvalue weighted by Crippen LogP contribution is 2.25. The van der Waals surface area contributed by atoms with Gasteiger partial charge in [0.05, 0.1) is 26.1 Å². The Morgan fingerprint density at radius 2 is 1.59 bits per heavy atom. The van der Waals surface area contributed by atoms with Gasteiger partial charge < -0.3 is 15.0 Å². The molecular formula is C20H20Cl2N2O3. The third-order valence-corrected chi connectivity index (χ3v) is 5.06. The lowest BCUT2D eigenvalue weighted by Crippen LogP contribution is -2.41. The van der Waals surface area contributed by atoms with Crippen LogP contribution in [0, 0.1) is 0 Å². The normalized spacial score (nSPS) is 14.1. The van der Waals surface area contributed by atoms with Gasteiger partial charge in [-0.25, -0.2) is 0 Å². The van der Waals surface area contributed by atoms with Gasteiger partial charge in [0.1, 0.15) is 0 Å². The minimum absolute atomic E-state index is 0.0865. The van der Waals surface area contributed by atoms with Gasteiger partial charge in [-0.3, -0.25) is 9.59 Å². The number of carbonyl (C=O) groups excluding carboxylic acids is 2. The van der Waals surface area contributed by atoms with Crippen molar-refractivity contribution in [2.24, 2.45) is 0 Å². The second-order valence-corrected chi connectivity index (χ2v) is 7.11. The van der Waals surface area contributed by atoms with Gasteiger partial charge in [0, 0.05) is 28.8 Å². The predicted octanol–water partition coefficient (Wildman–Crippen LogP) is 3.58. The molecule has 27 heavy (non-hydrogen) atoms. The Labute approximate surface area is 168 Å². The summed E-state index contributed by atoms with van der Waals surface area (Å²) in [7, 11) is 0. The zero-order valence-corrected chi connectivity index (χ0v) is 16.2. The molecule has 0 unspecified atom stereocenters. The number of nitrogens with zero attached hydrogens (tertiary/aromatic N) is 1. The Morgan fingerprint density at radius 1 is 0.963 bits per heavy atom. The number of hydrogen-bond donors (Lipinski definition) is 1. The molecule has 0 aromatic heterocycles. The molecule has 7 heteroatoms. The van der Waals surface area contributed by atoms with Crippen LogP contribution in [0.3, 0.4) is 0 Å². The smallest absolute Gasteiger partial charge is 0.228 e. The zero-order valence-electron chi connectivity index (χ0n) is 14.7. The fourth-order valence-electron chi connectivity index (χ4n) is 2.87. The van der Waals surface area contributed by atoms with Crippen LogP contribution in [0.15, 0.2) is 42.5 Å². The molecule has 1 fully saturated rings. The van der Waals surface area contributed by atoms with E-state index in [1.165, 1.54) is 0 Å². The van der Waals surface area contributed by atoms with Crippen LogP contribution in [0.5, 0.6) is 0 Å². The molecule has 142 valence electrons. The first-order valence-corrected chi connectivity index (χ1v) is 9.46. The molecule has 1 saturated heterocycles. The Bertz CT molecular complexity index is 798. The van der Waals surface area contributed by atoms with Gasteiger partial charge in [0.15, 0.2) is 0 Å². The fraction of sp³-hybridized carbons (Fsp3) is 0.300. The van der Waals surface area contributed by atoms with Crippen LogP contribution in [0.4, 0.5) is 5.69 Å². The first-order valence-electron chi connectivity index (χ1n) is 8.70. The SMILES string of the molecule is O=C(Cc1c(Cl)cccc1Cl)Nc1ccc(CC(=O)N2CCOCC2)cc1. The molecule has 5 nitrogen and oxygen atoms in total. The van der Waals surface area contributed by atoms with Crippen molar-refractivity contribution in [3.8, 4) is 0 Å². The van der Waals surface area contributed by atoms with E-state index in [2.05, 4.69) is 5.32 Å². The van der Waals surface area contributed by atoms with Crippen molar-refractivity contribution < 1.29 is 14.3 Å². The van der Waals surface area contributed by atoms with E-state index in [0.29, 0.717) is 54.0 Å². The molecule has 0 spiro atoms. The van der Waals surface area contributed by atoms with Crippen molar-refractivity contribution in [1.82, 2.24) is 4.90 Å². The summed E-state index contributed by atoms with van der Waals surface area (Å²) < 4.78 is 5.26. The van der Waals surface area contributed by atoms with E-state index < -0.39 is 0 Å². The van der Waals surface area contributed by atoms with Gasteiger partial charge >= 0.3 is 0 Å². The van der Waals surface area contributed by atoms with Gasteiger partial charge in [-0.1, -0.05) is 41.4 Å². The minimum Gasteiger partial charge on any atom is -0.378 e. The quantitative estimate of drug-likeness (QED) is 0.825. The van der Waals surface area contributed by atoms with E-state index in [1.807, 2.05) is 17.0 Å². The summed E-state index contributed by atoms with van der Waals surface area (Å²) in [6, 6.07) is 12.4. The molecule has 3 rings (SSSR count). The van der Waals surface area contributed by atoms with Crippen LogP contribution in [0.1, 0.15) is 11.1 Å². The Balaban J connectivity index is 1.55. The molecule has 0 aliphatic carbocycles. The van der Waals surface area contributed by atoms with Gasteiger partial charge in [0.25, 0.3) is 0 Å². The molecular weight excluding hydrogens is 387 g/mol. The topological polar surface area (TPSA) is 58.6 Å². The zero-order chi connectivity index (χ0) is 19.2. The predicted molar refractivity (Wildman–Crippen MR) is 106 cm³/mol. The number of amides is 2. The number of ether oxygens (including phenoxy) is 1. The maximum Gasteiger partial charge on any atom is 0.228 e. The molecule has 0 atom stereocenters. The number of carbonyl (C=O) groups is 2. The summed E-state index contributed by atoms with van der Waals surface area (Å²) in [5, 5.41) is 3.76. The molecule has 1 aliphatic heterocycles. The minimum atomic E-state index is -0.206. The summed E-state index contributed by atoms with van der Waals surface area (Å²) in [5.41, 5.74) is 2.16. The first-order chi connectivity index (χ1) is 13.0. The summed E-state index contributed by atoms with van der Waals surface area (Å²) in [6.07, 6.45) is 0.430. The Morgan fingerprint density at radius 3 is 2.22 bits per heavy atom. The Hall–Kier alpha value is -2.08. The molecule has 2 aromatic rings. The number of benzene rings is 2. The molecule has 1 heterocycles. The summed E-state index contributed by atoms with van der Waals surface area (Å²) in [5.74, 6) is -0.120. The lowest BCUT2D eigenvalue weighted by molar-refractivity contribution is -0.134. The van der Waals surface area contributed by atoms with Crippen LogP contribution in [-0.4, -0.2) is 43.0 Å². The number of anilines is 1. The average molecular weight is 407 g/mol. The Kier molecular flexibility index (Phi) is 6.72. The van der Waals surface area contributed by atoms with E-state index >= 15 is 0 Å². The number of rotatable bonds is 5. The van der Waals surface area contributed by atoms with Crippen molar-refractivity contribution in [3.05, 3.63) is 63.6 Å². The van der Waals surface area contributed by atoms with Gasteiger partial charge in [0.2, 0.25) is 11.8 Å². The summed E-state index contributed by atoms with van der Waals surface area (Å²) >= 11 is 12.2. The first kappa shape index (κ1) is 19.7. The van der Waals surface area contributed by atoms with Crippen LogP contribution < -0.4 is 5.32 Å². The second kappa shape index (κ2) is 9.22. The van der Waals surface area contributed by atoms with Crippen LogP contribution in [0.25, 0.3) is 0 Å². The maximum atomic E-state index is 12.3. The van der Waals surface area contributed by atoms with Crippen molar-refractivity contribution >= 4 is 40.7 Å². The van der Waals surface area contributed by atoms with Crippen molar-refractivity contribution in [2.45, 2.75) is 12.8 Å². The van der Waals surface area contributed by atoms with Crippen molar-refractivity contribution in [2.75, 3.05) is 31.6 Å².